The fourth-order valence-corrected chi connectivity index (χ4v) is 3.01. The van der Waals surface area contributed by atoms with Gasteiger partial charge in [-0.2, -0.15) is 0 Å². The number of amides is 2. The first-order valence-electron chi connectivity index (χ1n) is 7.77. The van der Waals surface area contributed by atoms with Crippen molar-refractivity contribution in [1.29, 1.82) is 0 Å². The van der Waals surface area contributed by atoms with Gasteiger partial charge in [0.1, 0.15) is 6.04 Å². The number of nitrogens with zero attached hydrogens (tertiary/aromatic N) is 1. The van der Waals surface area contributed by atoms with E-state index >= 15 is 0 Å². The van der Waals surface area contributed by atoms with Crippen LogP contribution in [0, 0.1) is 0 Å². The predicted octanol–water partition coefficient (Wildman–Crippen LogP) is 2.59. The molecule has 2 aromatic carbocycles. The smallest absolute Gasteiger partial charge is 0.335 e. The highest BCUT2D eigenvalue weighted by molar-refractivity contribution is 9.10. The van der Waals surface area contributed by atoms with Crippen LogP contribution in [0.5, 0.6) is 0 Å². The Balaban J connectivity index is 1.92. The Morgan fingerprint density at radius 2 is 1.56 bits per heavy atom. The number of hydrogen-bond acceptors (Lipinski definition) is 5. The second-order valence-electron chi connectivity index (χ2n) is 5.85. The fraction of sp³-hybridized carbons (Fsp3) is 0.111. The molecule has 3 rings (SSSR count). The third-order valence-corrected chi connectivity index (χ3v) is 4.53. The normalized spacial score (nSPS) is 16.5. The summed E-state index contributed by atoms with van der Waals surface area (Å²) in [7, 11) is 0. The van der Waals surface area contributed by atoms with Crippen LogP contribution in [0.15, 0.2) is 46.9 Å². The lowest BCUT2D eigenvalue weighted by Crippen LogP contribution is -2.35. The molecule has 138 valence electrons. The van der Waals surface area contributed by atoms with Crippen molar-refractivity contribution in [3.8, 4) is 0 Å². The Morgan fingerprint density at radius 3 is 2.07 bits per heavy atom. The maximum atomic E-state index is 12.7. The van der Waals surface area contributed by atoms with Gasteiger partial charge in [-0.1, -0.05) is 15.9 Å². The highest BCUT2D eigenvalue weighted by atomic mass is 79.9. The summed E-state index contributed by atoms with van der Waals surface area (Å²) in [5.41, 5.74) is -0.0937. The molecule has 2 amide bonds. The van der Waals surface area contributed by atoms with Gasteiger partial charge < -0.3 is 15.5 Å². The maximum absolute atomic E-state index is 12.7. The molecule has 1 saturated heterocycles. The minimum Gasteiger partial charge on any atom is -0.478 e. The van der Waals surface area contributed by atoms with Crippen LogP contribution in [0.3, 0.4) is 0 Å². The van der Waals surface area contributed by atoms with Crippen LogP contribution < -0.4 is 10.2 Å². The van der Waals surface area contributed by atoms with Crippen molar-refractivity contribution in [2.24, 2.45) is 0 Å². The Bertz CT molecular complexity index is 925. The molecule has 1 unspecified atom stereocenters. The number of carboxylic acid groups (broad SMARTS) is 2. The number of benzene rings is 2. The van der Waals surface area contributed by atoms with Crippen molar-refractivity contribution in [2.75, 3.05) is 10.2 Å². The van der Waals surface area contributed by atoms with E-state index < -0.39 is 29.8 Å². The van der Waals surface area contributed by atoms with Crippen LogP contribution in [0.1, 0.15) is 27.1 Å². The lowest BCUT2D eigenvalue weighted by atomic mass is 10.1. The van der Waals surface area contributed by atoms with Crippen molar-refractivity contribution >= 4 is 51.1 Å². The summed E-state index contributed by atoms with van der Waals surface area (Å²) in [6, 6.07) is 9.36. The molecule has 0 radical (unpaired) electrons. The number of carbonyl (C=O) groups is 4. The van der Waals surface area contributed by atoms with E-state index in [1.54, 1.807) is 24.3 Å². The molecule has 1 aliphatic rings. The number of hydrogen-bond donors (Lipinski definition) is 3. The van der Waals surface area contributed by atoms with E-state index in [0.29, 0.717) is 5.69 Å². The van der Waals surface area contributed by atoms with E-state index in [-0.39, 0.29) is 23.2 Å². The molecular formula is C18H13BrN2O6. The second-order valence-corrected chi connectivity index (χ2v) is 6.77. The van der Waals surface area contributed by atoms with Crippen LogP contribution in [0.2, 0.25) is 0 Å². The van der Waals surface area contributed by atoms with Gasteiger partial charge in [0.25, 0.3) is 5.91 Å². The number of anilines is 2. The van der Waals surface area contributed by atoms with Crippen LogP contribution in [0.25, 0.3) is 0 Å². The number of rotatable bonds is 5. The van der Waals surface area contributed by atoms with Gasteiger partial charge in [-0.25, -0.2) is 14.5 Å². The molecule has 1 aliphatic heterocycles. The average Bonchev–Trinajstić information content (AvgIpc) is 2.90. The van der Waals surface area contributed by atoms with Crippen LogP contribution >= 0.6 is 15.9 Å². The van der Waals surface area contributed by atoms with Gasteiger partial charge in [0, 0.05) is 10.2 Å². The predicted molar refractivity (Wildman–Crippen MR) is 99.0 cm³/mol. The first kappa shape index (κ1) is 18.6. The molecular weight excluding hydrogens is 420 g/mol. The van der Waals surface area contributed by atoms with Crippen LogP contribution in [-0.2, 0) is 9.59 Å². The summed E-state index contributed by atoms with van der Waals surface area (Å²) in [6.45, 7) is 0. The maximum Gasteiger partial charge on any atom is 0.335 e. The SMILES string of the molecule is O=C(O)c1cc(C(=O)O)cc(N2C(=O)CC(Nc3ccc(Br)cc3)C2=O)c1. The van der Waals surface area contributed by atoms with E-state index in [0.717, 1.165) is 27.6 Å². The Kier molecular flexibility index (Phi) is 4.95. The Morgan fingerprint density at radius 1 is 1.00 bits per heavy atom. The second kappa shape index (κ2) is 7.20. The Labute approximate surface area is 161 Å². The van der Waals surface area contributed by atoms with Gasteiger partial charge in [-0.15, -0.1) is 0 Å². The summed E-state index contributed by atoms with van der Waals surface area (Å²) >= 11 is 3.30. The van der Waals surface area contributed by atoms with E-state index in [1.165, 1.54) is 0 Å². The van der Waals surface area contributed by atoms with Gasteiger partial charge in [0.05, 0.1) is 23.2 Å². The molecule has 0 spiro atoms. The number of carbonyl (C=O) groups excluding carboxylic acids is 2. The molecule has 0 bridgehead atoms. The summed E-state index contributed by atoms with van der Waals surface area (Å²) in [4.78, 5) is 48.4. The summed E-state index contributed by atoms with van der Waals surface area (Å²) in [5, 5.41) is 21.3. The zero-order valence-electron chi connectivity index (χ0n) is 13.7. The van der Waals surface area contributed by atoms with Crippen LogP contribution in [-0.4, -0.2) is 40.0 Å². The topological polar surface area (TPSA) is 124 Å². The zero-order valence-corrected chi connectivity index (χ0v) is 15.3. The lowest BCUT2D eigenvalue weighted by molar-refractivity contribution is -0.121. The van der Waals surface area contributed by atoms with E-state index in [9.17, 15) is 19.2 Å². The zero-order chi connectivity index (χ0) is 19.7. The standard InChI is InChI=1S/C18H13BrN2O6/c19-11-1-3-12(4-2-11)20-14-8-15(22)21(16(14)23)13-6-9(17(24)25)5-10(7-13)18(26)27/h1-7,14,20H,8H2,(H,24,25)(H,26,27). The van der Waals surface area contributed by atoms with E-state index in [2.05, 4.69) is 21.2 Å². The minimum absolute atomic E-state index is 0.0811. The number of aromatic carboxylic acids is 2. The molecule has 0 saturated carbocycles. The molecule has 0 aliphatic carbocycles. The third-order valence-electron chi connectivity index (χ3n) is 4.00. The number of carboxylic acids is 2. The highest BCUT2D eigenvalue weighted by Gasteiger charge is 2.40. The van der Waals surface area contributed by atoms with Crippen molar-refractivity contribution < 1.29 is 29.4 Å². The molecule has 3 N–H and O–H groups in total. The molecule has 1 fully saturated rings. The van der Waals surface area contributed by atoms with Crippen LogP contribution in [0.4, 0.5) is 11.4 Å². The molecule has 1 atom stereocenters. The van der Waals surface area contributed by atoms with Crippen molar-refractivity contribution in [2.45, 2.75) is 12.5 Å². The summed E-state index contributed by atoms with van der Waals surface area (Å²) < 4.78 is 0.857. The van der Waals surface area contributed by atoms with Gasteiger partial charge in [-0.3, -0.25) is 9.59 Å². The van der Waals surface area contributed by atoms with Crippen molar-refractivity contribution in [1.82, 2.24) is 0 Å². The van der Waals surface area contributed by atoms with Crippen molar-refractivity contribution in [3.05, 3.63) is 58.1 Å². The molecule has 0 aromatic heterocycles. The van der Waals surface area contributed by atoms with E-state index in [1.807, 2.05) is 0 Å². The number of halogens is 1. The fourth-order valence-electron chi connectivity index (χ4n) is 2.75. The monoisotopic (exact) mass is 432 g/mol. The van der Waals surface area contributed by atoms with Crippen molar-refractivity contribution in [3.63, 3.8) is 0 Å². The third kappa shape index (κ3) is 3.82. The van der Waals surface area contributed by atoms with Gasteiger partial charge in [0.15, 0.2) is 0 Å². The molecule has 1 heterocycles. The van der Waals surface area contributed by atoms with Gasteiger partial charge in [-0.05, 0) is 42.5 Å². The molecule has 8 nitrogen and oxygen atoms in total. The molecule has 9 heteroatoms. The largest absolute Gasteiger partial charge is 0.478 e. The first-order valence-corrected chi connectivity index (χ1v) is 8.56. The number of nitrogens with one attached hydrogen (secondary N) is 1. The number of imide groups is 1. The first-order chi connectivity index (χ1) is 12.8. The molecule has 27 heavy (non-hydrogen) atoms. The summed E-state index contributed by atoms with van der Waals surface area (Å²) in [5.74, 6) is -3.85. The van der Waals surface area contributed by atoms with Gasteiger partial charge in [0.2, 0.25) is 5.91 Å². The average molecular weight is 433 g/mol. The summed E-state index contributed by atoms with van der Waals surface area (Å²) in [6.07, 6.45) is -0.130. The molecule has 2 aromatic rings. The van der Waals surface area contributed by atoms with E-state index in [4.69, 9.17) is 10.2 Å². The minimum atomic E-state index is -1.36. The van der Waals surface area contributed by atoms with Gasteiger partial charge >= 0.3 is 11.9 Å². The highest BCUT2D eigenvalue weighted by Crippen LogP contribution is 2.27. The quantitative estimate of drug-likeness (QED) is 0.620. The lowest BCUT2D eigenvalue weighted by Gasteiger charge is -2.17. The Hall–Kier alpha value is -3.20.